The molecule has 2 rings (SSSR count). The van der Waals surface area contributed by atoms with Crippen molar-refractivity contribution >= 4 is 34.8 Å². The van der Waals surface area contributed by atoms with Gasteiger partial charge in [0.05, 0.1) is 27.3 Å². The van der Waals surface area contributed by atoms with Gasteiger partial charge in [0.15, 0.2) is 5.82 Å². The van der Waals surface area contributed by atoms with Crippen molar-refractivity contribution in [2.45, 2.75) is 26.4 Å². The summed E-state index contributed by atoms with van der Waals surface area (Å²) in [5, 5.41) is 16.0. The summed E-state index contributed by atoms with van der Waals surface area (Å²) in [6, 6.07) is 3.54. The minimum absolute atomic E-state index is 0.328. The molecule has 0 aliphatic carbocycles. The molecule has 8 heteroatoms. The molecule has 102 valence electrons. The summed E-state index contributed by atoms with van der Waals surface area (Å²) in [4.78, 5) is 0. The van der Waals surface area contributed by atoms with Crippen molar-refractivity contribution in [2.24, 2.45) is 0 Å². The summed E-state index contributed by atoms with van der Waals surface area (Å²) in [5.41, 5.74) is 0.599. The number of aromatic nitrogens is 4. The minimum atomic E-state index is 0.328. The van der Waals surface area contributed by atoms with Crippen molar-refractivity contribution < 1.29 is 0 Å². The number of nitrogens with one attached hydrogen (secondary N) is 1. The zero-order chi connectivity index (χ0) is 14.0. The third kappa shape index (κ3) is 3.36. The van der Waals surface area contributed by atoms with E-state index in [1.54, 1.807) is 16.8 Å². The van der Waals surface area contributed by atoms with Gasteiger partial charge in [-0.1, -0.05) is 48.7 Å². The Kier molecular flexibility index (Phi) is 4.62. The van der Waals surface area contributed by atoms with Crippen LogP contribution in [0.3, 0.4) is 0 Å². The Morgan fingerprint density at radius 1 is 1.16 bits per heavy atom. The number of nitrogens with zero attached hydrogens (tertiary/aromatic N) is 4. The Hall–Kier alpha value is -0.880. The lowest BCUT2D eigenvalue weighted by Crippen LogP contribution is -2.24. The lowest BCUT2D eigenvalue weighted by atomic mass is 10.3. The summed E-state index contributed by atoms with van der Waals surface area (Å²) in [5.74, 6) is 0.647. The van der Waals surface area contributed by atoms with E-state index < -0.39 is 0 Å². The lowest BCUT2D eigenvalue weighted by Gasteiger charge is -2.10. The van der Waals surface area contributed by atoms with Gasteiger partial charge in [-0.05, 0) is 22.6 Å². The average molecular weight is 321 g/mol. The molecule has 5 nitrogen and oxygen atoms in total. The third-order valence-corrected chi connectivity index (χ3v) is 3.45. The molecule has 0 aliphatic heterocycles. The van der Waals surface area contributed by atoms with E-state index in [-0.39, 0.29) is 0 Å². The zero-order valence-electron chi connectivity index (χ0n) is 10.4. The molecule has 0 amide bonds. The zero-order valence-corrected chi connectivity index (χ0v) is 12.6. The number of rotatable bonds is 4. The molecular formula is C11H12Cl3N5. The van der Waals surface area contributed by atoms with Gasteiger partial charge >= 0.3 is 0 Å². The first kappa shape index (κ1) is 14.5. The van der Waals surface area contributed by atoms with Crippen molar-refractivity contribution in [3.63, 3.8) is 0 Å². The highest BCUT2D eigenvalue weighted by Gasteiger charge is 2.14. The van der Waals surface area contributed by atoms with Crippen LogP contribution in [-0.2, 0) is 6.54 Å². The van der Waals surface area contributed by atoms with Crippen LogP contribution in [0.5, 0.6) is 0 Å². The van der Waals surface area contributed by atoms with Crippen LogP contribution in [0.25, 0.3) is 5.69 Å². The molecule has 1 aromatic heterocycles. The maximum atomic E-state index is 6.15. The molecule has 0 saturated carbocycles. The molecule has 0 aliphatic rings. The predicted molar refractivity (Wildman–Crippen MR) is 76.2 cm³/mol. The molecule has 0 bridgehead atoms. The minimum Gasteiger partial charge on any atom is -0.308 e. The normalized spacial score (nSPS) is 11.3. The molecule has 1 N–H and O–H groups in total. The fourth-order valence-electron chi connectivity index (χ4n) is 1.47. The number of tetrazole rings is 1. The number of benzene rings is 1. The van der Waals surface area contributed by atoms with Gasteiger partial charge in [0.1, 0.15) is 0 Å². The van der Waals surface area contributed by atoms with Gasteiger partial charge < -0.3 is 5.32 Å². The summed E-state index contributed by atoms with van der Waals surface area (Å²) in [7, 11) is 0. The molecule has 0 spiro atoms. The van der Waals surface area contributed by atoms with E-state index >= 15 is 0 Å². The van der Waals surface area contributed by atoms with Crippen LogP contribution in [0.15, 0.2) is 12.1 Å². The van der Waals surface area contributed by atoms with Gasteiger partial charge in [-0.25, -0.2) is 0 Å². The second-order valence-corrected chi connectivity index (χ2v) is 5.48. The molecule has 0 saturated heterocycles. The van der Waals surface area contributed by atoms with E-state index in [0.717, 1.165) is 0 Å². The Balaban J connectivity index is 2.37. The highest BCUT2D eigenvalue weighted by Crippen LogP contribution is 2.31. The van der Waals surface area contributed by atoms with Crippen molar-refractivity contribution in [3.8, 4) is 5.69 Å². The van der Waals surface area contributed by atoms with E-state index in [9.17, 15) is 0 Å². The van der Waals surface area contributed by atoms with Crippen LogP contribution in [0.1, 0.15) is 19.7 Å². The smallest absolute Gasteiger partial charge is 0.170 e. The maximum Gasteiger partial charge on any atom is 0.170 e. The van der Waals surface area contributed by atoms with Crippen LogP contribution in [-0.4, -0.2) is 26.2 Å². The standard InChI is InChI=1S/C11H12Cl3N5/c1-6(2)15-5-11-16-17-18-19(11)10-4-8(13)7(12)3-9(10)14/h3-4,6,15H,5H2,1-2H3. The SMILES string of the molecule is CC(C)NCc1nnnn1-c1cc(Cl)c(Cl)cc1Cl. The average Bonchev–Trinajstić information content (AvgIpc) is 2.79. The molecule has 0 fully saturated rings. The van der Waals surface area contributed by atoms with Crippen molar-refractivity contribution in [1.29, 1.82) is 0 Å². The van der Waals surface area contributed by atoms with Crippen LogP contribution in [0.4, 0.5) is 0 Å². The first-order valence-corrected chi connectivity index (χ1v) is 6.78. The van der Waals surface area contributed by atoms with Crippen LogP contribution in [0, 0.1) is 0 Å². The largest absolute Gasteiger partial charge is 0.308 e. The lowest BCUT2D eigenvalue weighted by molar-refractivity contribution is 0.563. The van der Waals surface area contributed by atoms with Crippen LogP contribution in [0.2, 0.25) is 15.1 Å². The summed E-state index contributed by atoms with van der Waals surface area (Å²) >= 11 is 18.0. The number of hydrogen-bond donors (Lipinski definition) is 1. The predicted octanol–water partition coefficient (Wildman–Crippen LogP) is 3.12. The Bertz CT molecular complexity index is 582. The van der Waals surface area contributed by atoms with Gasteiger partial charge in [0.25, 0.3) is 0 Å². The van der Waals surface area contributed by atoms with Crippen molar-refractivity contribution in [1.82, 2.24) is 25.5 Å². The van der Waals surface area contributed by atoms with E-state index in [1.807, 2.05) is 13.8 Å². The van der Waals surface area contributed by atoms with E-state index in [0.29, 0.717) is 39.2 Å². The molecule has 1 aromatic carbocycles. The third-order valence-electron chi connectivity index (χ3n) is 2.42. The Labute approximate surface area is 125 Å². The first-order valence-electron chi connectivity index (χ1n) is 5.64. The summed E-state index contributed by atoms with van der Waals surface area (Å²) in [6.07, 6.45) is 0. The van der Waals surface area contributed by atoms with E-state index in [2.05, 4.69) is 20.8 Å². The molecule has 2 aromatic rings. The van der Waals surface area contributed by atoms with Crippen LogP contribution >= 0.6 is 34.8 Å². The highest BCUT2D eigenvalue weighted by molar-refractivity contribution is 6.43. The van der Waals surface area contributed by atoms with Crippen molar-refractivity contribution in [2.75, 3.05) is 0 Å². The first-order chi connectivity index (χ1) is 8.99. The van der Waals surface area contributed by atoms with Gasteiger partial charge in [-0.15, -0.1) is 5.10 Å². The van der Waals surface area contributed by atoms with Crippen molar-refractivity contribution in [3.05, 3.63) is 33.0 Å². The fourth-order valence-corrected chi connectivity index (χ4v) is 2.09. The number of hydrogen-bond acceptors (Lipinski definition) is 4. The second-order valence-electron chi connectivity index (χ2n) is 4.26. The molecule has 0 atom stereocenters. The molecule has 0 unspecified atom stereocenters. The van der Waals surface area contributed by atoms with Gasteiger partial charge in [-0.2, -0.15) is 4.68 Å². The van der Waals surface area contributed by atoms with Gasteiger partial charge in [-0.3, -0.25) is 0 Å². The quantitative estimate of drug-likeness (QED) is 0.879. The summed E-state index contributed by atoms with van der Waals surface area (Å²) in [6.45, 7) is 4.61. The topological polar surface area (TPSA) is 55.6 Å². The molecular weight excluding hydrogens is 309 g/mol. The Morgan fingerprint density at radius 3 is 2.53 bits per heavy atom. The van der Waals surface area contributed by atoms with Gasteiger partial charge in [0, 0.05) is 6.04 Å². The summed E-state index contributed by atoms with van der Waals surface area (Å²) < 4.78 is 1.54. The highest BCUT2D eigenvalue weighted by atomic mass is 35.5. The monoisotopic (exact) mass is 319 g/mol. The second kappa shape index (κ2) is 6.05. The van der Waals surface area contributed by atoms with Gasteiger partial charge in [0.2, 0.25) is 0 Å². The van der Waals surface area contributed by atoms with Crippen LogP contribution < -0.4 is 5.32 Å². The molecule has 19 heavy (non-hydrogen) atoms. The van der Waals surface area contributed by atoms with E-state index in [4.69, 9.17) is 34.8 Å². The molecule has 0 radical (unpaired) electrons. The molecule has 1 heterocycles. The fraction of sp³-hybridized carbons (Fsp3) is 0.364. The number of halogens is 3. The maximum absolute atomic E-state index is 6.15. The van der Waals surface area contributed by atoms with E-state index in [1.165, 1.54) is 0 Å². The Morgan fingerprint density at radius 2 is 1.84 bits per heavy atom.